The quantitative estimate of drug-likeness (QED) is 0.806. The van der Waals surface area contributed by atoms with Crippen LogP contribution in [0.4, 0.5) is 13.2 Å². The molecule has 1 N–H and O–H groups in total. The van der Waals surface area contributed by atoms with Gasteiger partial charge in [0.25, 0.3) is 0 Å². The van der Waals surface area contributed by atoms with Gasteiger partial charge in [-0.05, 0) is 32.2 Å². The number of piperidine rings is 2. The molecule has 3 nitrogen and oxygen atoms in total. The standard InChI is InChI=1S/C12H19F3N2O.ClH/c13-12(14,15)9-4-7-17(8-5-9)11(18)10-3-1-2-6-16-10;/h9-10,16H,1-8H2;1H. The fourth-order valence-corrected chi connectivity index (χ4v) is 2.71. The highest BCUT2D eigenvalue weighted by molar-refractivity contribution is 5.85. The van der Waals surface area contributed by atoms with Gasteiger partial charge in [0.05, 0.1) is 12.0 Å². The van der Waals surface area contributed by atoms with Crippen LogP contribution in [0.2, 0.25) is 0 Å². The molecular formula is C12H20ClF3N2O. The maximum atomic E-state index is 12.5. The van der Waals surface area contributed by atoms with Crippen LogP contribution in [0.3, 0.4) is 0 Å². The van der Waals surface area contributed by atoms with Gasteiger partial charge >= 0.3 is 6.18 Å². The summed E-state index contributed by atoms with van der Waals surface area (Å²) >= 11 is 0. The van der Waals surface area contributed by atoms with Crippen LogP contribution in [-0.4, -0.2) is 42.7 Å². The van der Waals surface area contributed by atoms with Gasteiger partial charge in [0.1, 0.15) is 0 Å². The summed E-state index contributed by atoms with van der Waals surface area (Å²) in [7, 11) is 0. The Morgan fingerprint density at radius 1 is 1.11 bits per heavy atom. The van der Waals surface area contributed by atoms with Gasteiger partial charge in [-0.2, -0.15) is 13.2 Å². The van der Waals surface area contributed by atoms with Gasteiger partial charge in [0.15, 0.2) is 0 Å². The van der Waals surface area contributed by atoms with E-state index >= 15 is 0 Å². The maximum absolute atomic E-state index is 12.5. The number of nitrogens with one attached hydrogen (secondary N) is 1. The Morgan fingerprint density at radius 3 is 2.21 bits per heavy atom. The van der Waals surface area contributed by atoms with Gasteiger partial charge in [0, 0.05) is 13.1 Å². The van der Waals surface area contributed by atoms with Crippen LogP contribution in [0, 0.1) is 5.92 Å². The maximum Gasteiger partial charge on any atom is 0.391 e. The second-order valence-electron chi connectivity index (χ2n) is 5.14. The average molecular weight is 301 g/mol. The van der Waals surface area contributed by atoms with Crippen LogP contribution in [0.1, 0.15) is 32.1 Å². The molecule has 2 heterocycles. The molecule has 0 saturated carbocycles. The summed E-state index contributed by atoms with van der Waals surface area (Å²) in [5.41, 5.74) is 0. The summed E-state index contributed by atoms with van der Waals surface area (Å²) in [5.74, 6) is -1.25. The molecule has 1 atom stereocenters. The van der Waals surface area contributed by atoms with Crippen molar-refractivity contribution >= 4 is 18.3 Å². The van der Waals surface area contributed by atoms with Crippen molar-refractivity contribution in [2.75, 3.05) is 19.6 Å². The number of hydrogen-bond donors (Lipinski definition) is 1. The third-order valence-corrected chi connectivity index (χ3v) is 3.88. The lowest BCUT2D eigenvalue weighted by Gasteiger charge is -2.36. The number of likely N-dealkylation sites (tertiary alicyclic amines) is 1. The van der Waals surface area contributed by atoms with E-state index in [1.165, 1.54) is 0 Å². The third kappa shape index (κ3) is 4.24. The second kappa shape index (κ2) is 6.79. The Kier molecular flexibility index (Phi) is 5.92. The summed E-state index contributed by atoms with van der Waals surface area (Å²) in [5, 5.41) is 3.14. The fourth-order valence-electron chi connectivity index (χ4n) is 2.71. The van der Waals surface area contributed by atoms with Crippen molar-refractivity contribution in [1.82, 2.24) is 10.2 Å². The van der Waals surface area contributed by atoms with E-state index in [0.29, 0.717) is 0 Å². The Morgan fingerprint density at radius 2 is 1.74 bits per heavy atom. The molecule has 0 aliphatic carbocycles. The fraction of sp³-hybridized carbons (Fsp3) is 0.917. The predicted molar refractivity (Wildman–Crippen MR) is 68.2 cm³/mol. The van der Waals surface area contributed by atoms with Gasteiger partial charge in [-0.25, -0.2) is 0 Å². The third-order valence-electron chi connectivity index (χ3n) is 3.88. The molecule has 1 unspecified atom stereocenters. The van der Waals surface area contributed by atoms with Crippen molar-refractivity contribution < 1.29 is 18.0 Å². The number of halogens is 4. The highest BCUT2D eigenvalue weighted by Gasteiger charge is 2.42. The Hall–Kier alpha value is -0.490. The molecule has 0 aromatic carbocycles. The second-order valence-corrected chi connectivity index (χ2v) is 5.14. The lowest BCUT2D eigenvalue weighted by atomic mass is 9.95. The highest BCUT2D eigenvalue weighted by atomic mass is 35.5. The van der Waals surface area contributed by atoms with E-state index in [1.807, 2.05) is 0 Å². The number of carbonyl (C=O) groups is 1. The van der Waals surface area contributed by atoms with Crippen LogP contribution < -0.4 is 5.32 Å². The molecule has 2 aliphatic rings. The van der Waals surface area contributed by atoms with Gasteiger partial charge in [0.2, 0.25) is 5.91 Å². The molecule has 0 spiro atoms. The smallest absolute Gasteiger partial charge is 0.341 e. The van der Waals surface area contributed by atoms with E-state index in [9.17, 15) is 18.0 Å². The molecule has 0 radical (unpaired) electrons. The number of hydrogen-bond acceptors (Lipinski definition) is 2. The molecule has 0 aromatic heterocycles. The lowest BCUT2D eigenvalue weighted by molar-refractivity contribution is -0.186. The average Bonchev–Trinajstić information content (AvgIpc) is 2.38. The van der Waals surface area contributed by atoms with E-state index in [2.05, 4.69) is 5.32 Å². The number of nitrogens with zero attached hydrogens (tertiary/aromatic N) is 1. The molecule has 7 heteroatoms. The Bertz CT molecular complexity index is 298. The molecule has 2 fully saturated rings. The molecule has 0 aromatic rings. The zero-order chi connectivity index (χ0) is 13.2. The van der Waals surface area contributed by atoms with Crippen LogP contribution in [-0.2, 0) is 4.79 Å². The number of rotatable bonds is 1. The van der Waals surface area contributed by atoms with Crippen molar-refractivity contribution in [3.63, 3.8) is 0 Å². The van der Waals surface area contributed by atoms with E-state index in [4.69, 9.17) is 0 Å². The molecule has 2 saturated heterocycles. The Labute approximate surface area is 117 Å². The highest BCUT2D eigenvalue weighted by Crippen LogP contribution is 2.34. The molecule has 2 rings (SSSR count). The molecule has 112 valence electrons. The monoisotopic (exact) mass is 300 g/mol. The summed E-state index contributed by atoms with van der Waals surface area (Å²) in [6.07, 6.45) is -1.14. The van der Waals surface area contributed by atoms with Crippen molar-refractivity contribution in [3.8, 4) is 0 Å². The first kappa shape index (κ1) is 16.6. The molecular weight excluding hydrogens is 281 g/mol. The minimum absolute atomic E-state index is 0. The van der Waals surface area contributed by atoms with Gasteiger partial charge in [-0.15, -0.1) is 12.4 Å². The van der Waals surface area contributed by atoms with Crippen molar-refractivity contribution in [1.29, 1.82) is 0 Å². The summed E-state index contributed by atoms with van der Waals surface area (Å²) in [6, 6.07) is -0.179. The zero-order valence-electron chi connectivity index (χ0n) is 10.7. The number of alkyl halides is 3. The minimum Gasteiger partial charge on any atom is -0.341 e. The van der Waals surface area contributed by atoms with Crippen LogP contribution in [0.25, 0.3) is 0 Å². The minimum atomic E-state index is -4.11. The molecule has 0 bridgehead atoms. The normalized spacial score (nSPS) is 25.8. The molecule has 1 amide bonds. The summed E-state index contributed by atoms with van der Waals surface area (Å²) in [4.78, 5) is 13.7. The first-order valence-electron chi connectivity index (χ1n) is 6.57. The van der Waals surface area contributed by atoms with E-state index in [0.717, 1.165) is 25.8 Å². The van der Waals surface area contributed by atoms with Gasteiger partial charge in [-0.1, -0.05) is 6.42 Å². The largest absolute Gasteiger partial charge is 0.391 e. The molecule has 2 aliphatic heterocycles. The van der Waals surface area contributed by atoms with Crippen molar-refractivity contribution in [3.05, 3.63) is 0 Å². The van der Waals surface area contributed by atoms with E-state index < -0.39 is 12.1 Å². The van der Waals surface area contributed by atoms with Crippen molar-refractivity contribution in [2.24, 2.45) is 5.92 Å². The lowest BCUT2D eigenvalue weighted by Crippen LogP contribution is -2.51. The summed E-state index contributed by atoms with van der Waals surface area (Å²) in [6.45, 7) is 1.30. The predicted octanol–water partition coefficient (Wildman–Crippen LogP) is 2.35. The number of amides is 1. The zero-order valence-corrected chi connectivity index (χ0v) is 11.5. The van der Waals surface area contributed by atoms with Crippen LogP contribution in [0.5, 0.6) is 0 Å². The van der Waals surface area contributed by atoms with Gasteiger partial charge < -0.3 is 10.2 Å². The number of carbonyl (C=O) groups excluding carboxylic acids is 1. The topological polar surface area (TPSA) is 32.3 Å². The summed E-state index contributed by atoms with van der Waals surface area (Å²) < 4.78 is 37.5. The Balaban J connectivity index is 0.00000180. The van der Waals surface area contributed by atoms with Crippen molar-refractivity contribution in [2.45, 2.75) is 44.3 Å². The SMILES string of the molecule is Cl.O=C(C1CCCCN1)N1CCC(C(F)(F)F)CC1. The van der Waals surface area contributed by atoms with Gasteiger partial charge in [-0.3, -0.25) is 4.79 Å². The molecule has 19 heavy (non-hydrogen) atoms. The van der Waals surface area contributed by atoms with Crippen LogP contribution >= 0.6 is 12.4 Å². The van der Waals surface area contributed by atoms with E-state index in [1.54, 1.807) is 4.90 Å². The first-order valence-corrected chi connectivity index (χ1v) is 6.57. The van der Waals surface area contributed by atoms with Crippen LogP contribution in [0.15, 0.2) is 0 Å². The van der Waals surface area contributed by atoms with E-state index in [-0.39, 0.29) is 50.3 Å². The first-order chi connectivity index (χ1) is 8.48.